The van der Waals surface area contributed by atoms with Crippen molar-refractivity contribution in [3.8, 4) is 17.4 Å². The first kappa shape index (κ1) is 20.6. The Labute approximate surface area is 159 Å². The summed E-state index contributed by atoms with van der Waals surface area (Å²) < 4.78 is 97.1. The number of aromatic nitrogens is 3. The maximum absolute atomic E-state index is 14.4. The Hall–Kier alpha value is -3.11. The second kappa shape index (κ2) is 7.37. The summed E-state index contributed by atoms with van der Waals surface area (Å²) in [5.74, 6) is -2.00. The number of alkyl halides is 6. The smallest absolute Gasteiger partial charge is 0.435 e. The van der Waals surface area contributed by atoms with E-state index in [4.69, 9.17) is 4.74 Å². The number of halogens is 7. The van der Waals surface area contributed by atoms with E-state index in [1.807, 2.05) is 0 Å². The lowest BCUT2D eigenvalue weighted by Crippen LogP contribution is -2.10. The molecule has 0 N–H and O–H groups in total. The second-order valence-electron chi connectivity index (χ2n) is 5.88. The molecule has 1 aromatic carbocycles. The molecule has 0 amide bonds. The lowest BCUT2D eigenvalue weighted by atomic mass is 10.2. The molecule has 11 heteroatoms. The summed E-state index contributed by atoms with van der Waals surface area (Å²) in [6.07, 6.45) is -8.25. The van der Waals surface area contributed by atoms with Crippen LogP contribution in [0.1, 0.15) is 23.7 Å². The van der Waals surface area contributed by atoms with Gasteiger partial charge in [0.2, 0.25) is 5.88 Å². The molecular formula is C18H12F7N3O. The predicted octanol–water partition coefficient (Wildman–Crippen LogP) is 5.80. The maximum atomic E-state index is 14.4. The van der Waals surface area contributed by atoms with Gasteiger partial charge in [0.25, 0.3) is 0 Å². The van der Waals surface area contributed by atoms with Gasteiger partial charge in [0, 0.05) is 11.8 Å². The summed E-state index contributed by atoms with van der Waals surface area (Å²) in [5, 5.41) is 3.25. The summed E-state index contributed by atoms with van der Waals surface area (Å²) in [6.45, 7) is 1.63. The maximum Gasteiger partial charge on any atom is 0.435 e. The molecular weight excluding hydrogens is 407 g/mol. The Morgan fingerprint density at radius 3 is 2.31 bits per heavy atom. The fraction of sp³-hybridized carbons (Fsp3) is 0.222. The molecule has 0 spiro atoms. The molecule has 0 atom stereocenters. The van der Waals surface area contributed by atoms with Crippen LogP contribution in [0.25, 0.3) is 5.82 Å². The van der Waals surface area contributed by atoms with E-state index >= 15 is 0 Å². The van der Waals surface area contributed by atoms with Crippen molar-refractivity contribution >= 4 is 0 Å². The van der Waals surface area contributed by atoms with Gasteiger partial charge < -0.3 is 4.74 Å². The minimum absolute atomic E-state index is 0.212. The van der Waals surface area contributed by atoms with E-state index in [-0.39, 0.29) is 23.6 Å². The van der Waals surface area contributed by atoms with Crippen LogP contribution in [-0.2, 0) is 18.8 Å². The first-order chi connectivity index (χ1) is 13.5. The zero-order valence-corrected chi connectivity index (χ0v) is 14.6. The molecule has 29 heavy (non-hydrogen) atoms. The molecule has 4 nitrogen and oxygen atoms in total. The van der Waals surface area contributed by atoms with E-state index < -0.39 is 35.2 Å². The van der Waals surface area contributed by atoms with Crippen molar-refractivity contribution in [2.45, 2.75) is 25.7 Å². The zero-order chi connectivity index (χ0) is 21.4. The minimum atomic E-state index is -4.73. The number of ether oxygens (including phenoxy) is 1. The average molecular weight is 419 g/mol. The normalized spacial score (nSPS) is 12.3. The van der Waals surface area contributed by atoms with Crippen molar-refractivity contribution in [2.24, 2.45) is 0 Å². The Kier molecular flexibility index (Phi) is 5.24. The predicted molar refractivity (Wildman–Crippen MR) is 87.2 cm³/mol. The summed E-state index contributed by atoms with van der Waals surface area (Å²) in [5.41, 5.74) is -2.00. The first-order valence-corrected chi connectivity index (χ1v) is 8.17. The summed E-state index contributed by atoms with van der Waals surface area (Å²) in [7, 11) is 0. The van der Waals surface area contributed by atoms with E-state index in [0.717, 1.165) is 30.5 Å². The van der Waals surface area contributed by atoms with E-state index in [9.17, 15) is 30.7 Å². The molecule has 0 fully saturated rings. The van der Waals surface area contributed by atoms with Crippen molar-refractivity contribution < 1.29 is 35.5 Å². The molecule has 0 aliphatic heterocycles. The third-order valence-corrected chi connectivity index (χ3v) is 3.85. The lowest BCUT2D eigenvalue weighted by molar-refractivity contribution is -0.141. The van der Waals surface area contributed by atoms with Crippen molar-refractivity contribution in [1.29, 1.82) is 0 Å². The Morgan fingerprint density at radius 1 is 1.00 bits per heavy atom. The molecule has 0 unspecified atom stereocenters. The molecule has 0 saturated carbocycles. The van der Waals surface area contributed by atoms with Gasteiger partial charge in [-0.15, -0.1) is 0 Å². The van der Waals surface area contributed by atoms with Gasteiger partial charge in [0.1, 0.15) is 5.75 Å². The monoisotopic (exact) mass is 419 g/mol. The molecule has 3 rings (SSSR count). The van der Waals surface area contributed by atoms with Gasteiger partial charge in [-0.05, 0) is 36.8 Å². The molecule has 0 saturated heterocycles. The largest absolute Gasteiger partial charge is 0.439 e. The van der Waals surface area contributed by atoms with Gasteiger partial charge in [-0.1, -0.05) is 13.0 Å². The van der Waals surface area contributed by atoms with E-state index in [1.165, 1.54) is 6.07 Å². The summed E-state index contributed by atoms with van der Waals surface area (Å²) in [4.78, 5) is 3.85. The van der Waals surface area contributed by atoms with Gasteiger partial charge in [-0.3, -0.25) is 0 Å². The van der Waals surface area contributed by atoms with E-state index in [0.29, 0.717) is 10.7 Å². The number of hydrogen-bond donors (Lipinski definition) is 0. The number of aryl methyl sites for hydroxylation is 1. The van der Waals surface area contributed by atoms with Crippen LogP contribution in [0.15, 0.2) is 42.6 Å². The number of nitrogens with zero attached hydrogens (tertiary/aromatic N) is 3. The molecule has 154 valence electrons. The van der Waals surface area contributed by atoms with Crippen LogP contribution in [0, 0.1) is 5.82 Å². The van der Waals surface area contributed by atoms with Crippen LogP contribution >= 0.6 is 0 Å². The lowest BCUT2D eigenvalue weighted by Gasteiger charge is -2.13. The van der Waals surface area contributed by atoms with E-state index in [1.54, 1.807) is 6.92 Å². The second-order valence-corrected chi connectivity index (χ2v) is 5.88. The fourth-order valence-corrected chi connectivity index (χ4v) is 2.44. The van der Waals surface area contributed by atoms with Gasteiger partial charge in [0.15, 0.2) is 17.3 Å². The fourth-order valence-electron chi connectivity index (χ4n) is 2.44. The van der Waals surface area contributed by atoms with Crippen LogP contribution < -0.4 is 4.74 Å². The standard InChI is InChI=1S/C18H12F7N3O/c1-2-10-8-13(19)15(28-7-6-14(27-28)18(23,24)25)26-16(10)29-12-5-3-4-11(9-12)17(20,21)22/h3-9H,2H2,1H3. The third kappa shape index (κ3) is 4.49. The molecule has 3 aromatic rings. The highest BCUT2D eigenvalue weighted by Crippen LogP contribution is 2.34. The SMILES string of the molecule is CCc1cc(F)c(-n2ccc(C(F)(F)F)n2)nc1Oc1cccc(C(F)(F)F)c1. The first-order valence-electron chi connectivity index (χ1n) is 8.17. The highest BCUT2D eigenvalue weighted by Gasteiger charge is 2.34. The van der Waals surface area contributed by atoms with Crippen molar-refractivity contribution in [2.75, 3.05) is 0 Å². The van der Waals surface area contributed by atoms with Crippen molar-refractivity contribution in [1.82, 2.24) is 14.8 Å². The summed E-state index contributed by atoms with van der Waals surface area (Å²) >= 11 is 0. The van der Waals surface area contributed by atoms with Gasteiger partial charge in [-0.2, -0.15) is 36.4 Å². The van der Waals surface area contributed by atoms with Crippen molar-refractivity contribution in [3.05, 3.63) is 65.2 Å². The summed E-state index contributed by atoms with van der Waals surface area (Å²) in [6, 6.07) is 5.58. The highest BCUT2D eigenvalue weighted by molar-refractivity contribution is 5.40. The van der Waals surface area contributed by atoms with Crippen molar-refractivity contribution in [3.63, 3.8) is 0 Å². The number of hydrogen-bond acceptors (Lipinski definition) is 3. The quantitative estimate of drug-likeness (QED) is 0.502. The molecule has 0 aliphatic carbocycles. The van der Waals surface area contributed by atoms with Gasteiger partial charge in [-0.25, -0.2) is 9.07 Å². The average Bonchev–Trinajstić information content (AvgIpc) is 3.12. The molecule has 0 radical (unpaired) electrons. The highest BCUT2D eigenvalue weighted by atomic mass is 19.4. The number of benzene rings is 1. The van der Waals surface area contributed by atoms with Crippen LogP contribution in [0.4, 0.5) is 30.7 Å². The van der Waals surface area contributed by atoms with Crippen LogP contribution in [0.5, 0.6) is 11.6 Å². The van der Waals surface area contributed by atoms with Crippen LogP contribution in [0.3, 0.4) is 0 Å². The third-order valence-electron chi connectivity index (χ3n) is 3.85. The van der Waals surface area contributed by atoms with Crippen LogP contribution in [0.2, 0.25) is 0 Å². The Bertz CT molecular complexity index is 1030. The topological polar surface area (TPSA) is 39.9 Å². The Balaban J connectivity index is 2.02. The minimum Gasteiger partial charge on any atom is -0.439 e. The number of pyridine rings is 1. The molecule has 2 heterocycles. The van der Waals surface area contributed by atoms with E-state index in [2.05, 4.69) is 10.1 Å². The molecule has 2 aromatic heterocycles. The van der Waals surface area contributed by atoms with Gasteiger partial charge >= 0.3 is 12.4 Å². The molecule has 0 bridgehead atoms. The Morgan fingerprint density at radius 2 is 1.72 bits per heavy atom. The van der Waals surface area contributed by atoms with Crippen LogP contribution in [-0.4, -0.2) is 14.8 Å². The zero-order valence-electron chi connectivity index (χ0n) is 14.6. The van der Waals surface area contributed by atoms with Gasteiger partial charge in [0.05, 0.1) is 5.56 Å². The molecule has 0 aliphatic rings. The number of rotatable bonds is 4.